The molecule has 0 spiro atoms. The topological polar surface area (TPSA) is 93.5 Å². The maximum atomic E-state index is 14.4. The summed E-state index contributed by atoms with van der Waals surface area (Å²) < 4.78 is 20.7. The number of amides is 2. The molecule has 8 nitrogen and oxygen atoms in total. The van der Waals surface area contributed by atoms with Crippen molar-refractivity contribution in [3.63, 3.8) is 0 Å². The summed E-state index contributed by atoms with van der Waals surface area (Å²) in [5.41, 5.74) is -0.599. The van der Waals surface area contributed by atoms with Crippen LogP contribution >= 0.6 is 0 Å². The van der Waals surface area contributed by atoms with Crippen LogP contribution in [0.25, 0.3) is 0 Å². The lowest BCUT2D eigenvalue weighted by Gasteiger charge is -2.43. The molecule has 0 unspecified atom stereocenters. The molecule has 0 aliphatic carbocycles. The number of aryl methyl sites for hydroxylation is 1. The van der Waals surface area contributed by atoms with Crippen molar-refractivity contribution in [1.29, 1.82) is 0 Å². The Balaban J connectivity index is 2.06. The molecule has 32 heavy (non-hydrogen) atoms. The van der Waals surface area contributed by atoms with E-state index in [0.717, 1.165) is 6.42 Å². The Morgan fingerprint density at radius 3 is 2.66 bits per heavy atom. The van der Waals surface area contributed by atoms with Crippen molar-refractivity contribution in [1.82, 2.24) is 15.1 Å². The van der Waals surface area contributed by atoms with Crippen molar-refractivity contribution in [3.8, 4) is 0 Å². The van der Waals surface area contributed by atoms with Crippen molar-refractivity contribution in [2.24, 2.45) is 5.92 Å². The number of nitrogens with zero attached hydrogens (tertiary/aromatic N) is 3. The van der Waals surface area contributed by atoms with Gasteiger partial charge in [-0.25, -0.2) is 9.18 Å². The van der Waals surface area contributed by atoms with Gasteiger partial charge in [0.05, 0.1) is 13.2 Å². The van der Waals surface area contributed by atoms with Gasteiger partial charge in [-0.3, -0.25) is 19.2 Å². The van der Waals surface area contributed by atoms with Crippen LogP contribution in [0.2, 0.25) is 0 Å². The highest BCUT2D eigenvalue weighted by Gasteiger charge is 2.49. The molecule has 0 fully saturated rings. The summed E-state index contributed by atoms with van der Waals surface area (Å²) in [5.74, 6) is -1.68. The fourth-order valence-electron chi connectivity index (χ4n) is 3.68. The smallest absolute Gasteiger partial charge is 0.358 e. The number of hydrogen-bond acceptors (Lipinski definition) is 5. The number of fused-ring (bicyclic) bond motifs is 1. The van der Waals surface area contributed by atoms with Gasteiger partial charge in [-0.15, -0.1) is 0 Å². The molecule has 2 aromatic rings. The van der Waals surface area contributed by atoms with E-state index in [0.29, 0.717) is 18.0 Å². The van der Waals surface area contributed by atoms with Crippen molar-refractivity contribution in [2.75, 3.05) is 18.1 Å². The number of anilines is 1. The van der Waals surface area contributed by atoms with E-state index in [2.05, 4.69) is 10.4 Å². The maximum absolute atomic E-state index is 14.4. The van der Waals surface area contributed by atoms with E-state index in [1.54, 1.807) is 32.9 Å². The van der Waals surface area contributed by atoms with Gasteiger partial charge in [0.1, 0.15) is 17.1 Å². The number of rotatable bonds is 7. The first-order chi connectivity index (χ1) is 15.1. The number of ether oxygens (including phenoxy) is 1. The van der Waals surface area contributed by atoms with E-state index in [1.807, 2.05) is 13.8 Å². The molecule has 0 bridgehead atoms. The summed E-state index contributed by atoms with van der Waals surface area (Å²) in [7, 11) is 0. The van der Waals surface area contributed by atoms with Crippen LogP contribution in [0.15, 0.2) is 24.3 Å². The highest BCUT2D eigenvalue weighted by Crippen LogP contribution is 2.33. The number of esters is 1. The minimum absolute atomic E-state index is 0.00349. The summed E-state index contributed by atoms with van der Waals surface area (Å²) in [6.07, 6.45) is 0.773. The van der Waals surface area contributed by atoms with Crippen molar-refractivity contribution in [3.05, 3.63) is 47.0 Å². The predicted octanol–water partition coefficient (Wildman–Crippen LogP) is 3.09. The number of hydrogen-bond donors (Lipinski definition) is 1. The minimum Gasteiger partial charge on any atom is -0.461 e. The van der Waals surface area contributed by atoms with Crippen LogP contribution in [-0.2, 0) is 16.1 Å². The molecule has 3 rings (SSSR count). The summed E-state index contributed by atoms with van der Waals surface area (Å²) >= 11 is 0. The largest absolute Gasteiger partial charge is 0.461 e. The quantitative estimate of drug-likeness (QED) is 0.663. The molecule has 1 aromatic carbocycles. The first-order valence-electron chi connectivity index (χ1n) is 10.7. The highest BCUT2D eigenvalue weighted by atomic mass is 19.1. The van der Waals surface area contributed by atoms with Gasteiger partial charge in [0, 0.05) is 18.3 Å². The first-order valence-corrected chi connectivity index (χ1v) is 10.7. The Bertz CT molecular complexity index is 1050. The van der Waals surface area contributed by atoms with Crippen LogP contribution in [-0.4, -0.2) is 46.3 Å². The fourth-order valence-corrected chi connectivity index (χ4v) is 3.68. The molecule has 1 atom stereocenters. The first kappa shape index (κ1) is 23.4. The van der Waals surface area contributed by atoms with Crippen LogP contribution in [0.3, 0.4) is 0 Å². The molecule has 2 heterocycles. The molecular formula is C23H29FN4O4. The summed E-state index contributed by atoms with van der Waals surface area (Å²) in [6, 6.07) is 5.75. The Kier molecular flexibility index (Phi) is 6.66. The number of aromatic nitrogens is 2. The van der Waals surface area contributed by atoms with Crippen LogP contribution in [0, 0.1) is 18.7 Å². The van der Waals surface area contributed by atoms with E-state index in [9.17, 15) is 18.8 Å². The van der Waals surface area contributed by atoms with E-state index < -0.39 is 23.2 Å². The van der Waals surface area contributed by atoms with Crippen LogP contribution < -0.4 is 10.2 Å². The van der Waals surface area contributed by atoms with Crippen LogP contribution in [0.1, 0.15) is 60.7 Å². The summed E-state index contributed by atoms with van der Waals surface area (Å²) in [5, 5.41) is 7.10. The number of halogens is 1. The number of nitrogens with one attached hydrogen (secondary N) is 1. The monoisotopic (exact) mass is 444 g/mol. The van der Waals surface area contributed by atoms with E-state index in [-0.39, 0.29) is 36.1 Å². The fraction of sp³-hybridized carbons (Fsp3) is 0.478. The van der Waals surface area contributed by atoms with E-state index in [4.69, 9.17) is 4.74 Å². The van der Waals surface area contributed by atoms with Crippen LogP contribution in [0.5, 0.6) is 0 Å². The highest BCUT2D eigenvalue weighted by molar-refractivity contribution is 6.12. The second-order valence-corrected chi connectivity index (χ2v) is 8.58. The van der Waals surface area contributed by atoms with Crippen LogP contribution in [0.4, 0.5) is 10.1 Å². The van der Waals surface area contributed by atoms with Gasteiger partial charge in [0.15, 0.2) is 5.69 Å². The average molecular weight is 445 g/mol. The second-order valence-electron chi connectivity index (χ2n) is 8.58. The molecule has 172 valence electrons. The third kappa shape index (κ3) is 4.37. The molecule has 1 aromatic heterocycles. The Morgan fingerprint density at radius 1 is 1.31 bits per heavy atom. The molecule has 0 saturated heterocycles. The molecule has 2 amide bonds. The SMILES string of the molecule is CCOC(=O)c1cc2n(n1)C[C@@](C)(C(=O)NCCC(C)C)N(c1ccc(C)c(F)c1)C2=O. The zero-order valence-corrected chi connectivity index (χ0v) is 19.1. The lowest BCUT2D eigenvalue weighted by atomic mass is 9.93. The average Bonchev–Trinajstić information content (AvgIpc) is 3.14. The van der Waals surface area contributed by atoms with Crippen molar-refractivity contribution in [2.45, 2.75) is 53.1 Å². The Morgan fingerprint density at radius 2 is 2.03 bits per heavy atom. The molecule has 0 radical (unpaired) electrons. The van der Waals surface area contributed by atoms with Crippen molar-refractivity contribution >= 4 is 23.5 Å². The molecule has 1 aliphatic heterocycles. The number of carbonyl (C=O) groups is 3. The standard InChI is InChI=1S/C23H29FN4O4/c1-6-32-21(30)18-12-19-20(29)28(16-8-7-15(4)17(24)11-16)23(5,13-27(19)26-18)22(31)25-10-9-14(2)3/h7-8,11-12,14H,6,9-10,13H2,1-5H3,(H,25,31)/t23-/m0/s1. The molecular weight excluding hydrogens is 415 g/mol. The Labute approximate surface area is 186 Å². The third-order valence-corrected chi connectivity index (χ3v) is 5.55. The van der Waals surface area contributed by atoms with Gasteiger partial charge < -0.3 is 10.1 Å². The molecule has 1 aliphatic rings. The third-order valence-electron chi connectivity index (χ3n) is 5.55. The number of benzene rings is 1. The Hall–Kier alpha value is -3.23. The zero-order chi connectivity index (χ0) is 23.6. The minimum atomic E-state index is -1.39. The van der Waals surface area contributed by atoms with E-state index in [1.165, 1.54) is 21.7 Å². The van der Waals surface area contributed by atoms with Gasteiger partial charge in [-0.1, -0.05) is 19.9 Å². The lowest BCUT2D eigenvalue weighted by molar-refractivity contribution is -0.126. The molecule has 0 saturated carbocycles. The van der Waals surface area contributed by atoms with Gasteiger partial charge in [0.25, 0.3) is 5.91 Å². The molecule has 9 heteroatoms. The normalized spacial score (nSPS) is 18.0. The molecule has 1 N–H and O–H groups in total. The maximum Gasteiger partial charge on any atom is 0.358 e. The van der Waals surface area contributed by atoms with Gasteiger partial charge in [-0.2, -0.15) is 5.10 Å². The van der Waals surface area contributed by atoms with Gasteiger partial charge in [-0.05, 0) is 50.8 Å². The number of carbonyl (C=O) groups excluding carboxylic acids is 3. The van der Waals surface area contributed by atoms with Crippen molar-refractivity contribution < 1.29 is 23.5 Å². The summed E-state index contributed by atoms with van der Waals surface area (Å²) in [4.78, 5) is 40.3. The zero-order valence-electron chi connectivity index (χ0n) is 19.1. The lowest BCUT2D eigenvalue weighted by Crippen LogP contribution is -2.64. The van der Waals surface area contributed by atoms with Gasteiger partial charge in [0.2, 0.25) is 5.91 Å². The second kappa shape index (κ2) is 9.10. The van der Waals surface area contributed by atoms with E-state index >= 15 is 0 Å². The summed E-state index contributed by atoms with van der Waals surface area (Å²) in [6.45, 7) is 9.61. The predicted molar refractivity (Wildman–Crippen MR) is 117 cm³/mol. The van der Waals surface area contributed by atoms with Gasteiger partial charge >= 0.3 is 5.97 Å².